The molecule has 0 aliphatic heterocycles. The van der Waals surface area contributed by atoms with E-state index in [-0.39, 0.29) is 16.5 Å². The predicted octanol–water partition coefficient (Wildman–Crippen LogP) is 3.34. The largest absolute Gasteiger partial charge is 0.505 e. The number of phenols is 1. The molecule has 0 radical (unpaired) electrons. The Morgan fingerprint density at radius 2 is 1.59 bits per heavy atom. The summed E-state index contributed by atoms with van der Waals surface area (Å²) in [4.78, 5) is -1.43. The number of hydrogen-bond donors (Lipinski definition) is 4. The summed E-state index contributed by atoms with van der Waals surface area (Å²) in [6.07, 6.45) is 0. The summed E-state index contributed by atoms with van der Waals surface area (Å²) in [5.41, 5.74) is 6.07. The number of aryl methyl sites for hydroxylation is 1. The second-order valence-corrected chi connectivity index (χ2v) is 8.93. The summed E-state index contributed by atoms with van der Waals surface area (Å²) in [5.74, 6) is -0.730. The molecule has 3 aromatic rings. The zero-order chi connectivity index (χ0) is 21.6. The maximum atomic E-state index is 11.8. The lowest BCUT2D eigenvalue weighted by molar-refractivity contribution is 0.472. The molecule has 5 N–H and O–H groups in total. The fraction of sp³-hybridized carbons (Fsp3) is 0.0588. The summed E-state index contributed by atoms with van der Waals surface area (Å²) in [5, 5.41) is 18.0. The van der Waals surface area contributed by atoms with Crippen LogP contribution in [0.25, 0.3) is 10.8 Å². The number of nitrogens with zero attached hydrogens (tertiary/aromatic N) is 2. The number of fused-ring (bicyclic) bond motifs is 1. The molecular weight excluding hydrogens is 422 g/mol. The van der Waals surface area contributed by atoms with E-state index in [9.17, 15) is 31.0 Å². The molecule has 3 rings (SSSR count). The van der Waals surface area contributed by atoms with Crippen LogP contribution in [0.4, 0.5) is 17.1 Å². The number of anilines is 1. The fourth-order valence-corrected chi connectivity index (χ4v) is 3.92. The van der Waals surface area contributed by atoms with Gasteiger partial charge in [-0.05, 0) is 42.1 Å². The highest BCUT2D eigenvalue weighted by atomic mass is 32.2. The molecular formula is C17H15N3O7S2. The van der Waals surface area contributed by atoms with E-state index < -0.39 is 41.5 Å². The smallest absolute Gasteiger partial charge is 0.296 e. The highest BCUT2D eigenvalue weighted by Crippen LogP contribution is 2.44. The van der Waals surface area contributed by atoms with E-state index >= 15 is 0 Å². The van der Waals surface area contributed by atoms with E-state index in [0.29, 0.717) is 5.69 Å². The number of phenolic OH excluding ortho intramolecular Hbond substituents is 1. The lowest BCUT2D eigenvalue weighted by atomic mass is 10.1. The highest BCUT2D eigenvalue weighted by molar-refractivity contribution is 7.86. The molecule has 152 valence electrons. The molecule has 0 aliphatic rings. The molecule has 0 spiro atoms. The normalized spacial score (nSPS) is 12.7. The van der Waals surface area contributed by atoms with Crippen molar-refractivity contribution >= 4 is 48.1 Å². The van der Waals surface area contributed by atoms with Gasteiger partial charge in [0.1, 0.15) is 10.6 Å². The Morgan fingerprint density at radius 1 is 0.931 bits per heavy atom. The molecule has 0 aliphatic carbocycles. The van der Waals surface area contributed by atoms with Gasteiger partial charge in [-0.2, -0.15) is 21.9 Å². The topological polar surface area (TPSA) is 180 Å². The number of aromatic hydroxyl groups is 1. The van der Waals surface area contributed by atoms with Gasteiger partial charge in [0.25, 0.3) is 20.2 Å². The van der Waals surface area contributed by atoms with Gasteiger partial charge in [0.15, 0.2) is 5.75 Å². The Bertz CT molecular complexity index is 1380. The average molecular weight is 437 g/mol. The Kier molecular flexibility index (Phi) is 5.04. The molecule has 0 saturated heterocycles. The zero-order valence-electron chi connectivity index (χ0n) is 14.8. The van der Waals surface area contributed by atoms with Gasteiger partial charge in [0, 0.05) is 11.1 Å². The lowest BCUT2D eigenvalue weighted by Gasteiger charge is -2.12. The molecule has 12 heteroatoms. The van der Waals surface area contributed by atoms with Crippen molar-refractivity contribution in [1.82, 2.24) is 0 Å². The zero-order valence-corrected chi connectivity index (χ0v) is 16.4. The molecule has 0 heterocycles. The molecule has 0 atom stereocenters. The molecule has 29 heavy (non-hydrogen) atoms. The fourth-order valence-electron chi connectivity index (χ4n) is 2.71. The maximum absolute atomic E-state index is 11.8. The first-order valence-electron chi connectivity index (χ1n) is 7.91. The summed E-state index contributed by atoms with van der Waals surface area (Å²) >= 11 is 0. The minimum absolute atomic E-state index is 0.122. The minimum atomic E-state index is -4.89. The summed E-state index contributed by atoms with van der Waals surface area (Å²) < 4.78 is 65.2. The van der Waals surface area contributed by atoms with Crippen molar-refractivity contribution in [2.45, 2.75) is 16.7 Å². The van der Waals surface area contributed by atoms with E-state index in [1.54, 1.807) is 31.2 Å². The molecule has 0 amide bonds. The maximum Gasteiger partial charge on any atom is 0.296 e. The van der Waals surface area contributed by atoms with Gasteiger partial charge in [-0.3, -0.25) is 9.11 Å². The predicted molar refractivity (Wildman–Crippen MR) is 105 cm³/mol. The monoisotopic (exact) mass is 437 g/mol. The minimum Gasteiger partial charge on any atom is -0.505 e. The van der Waals surface area contributed by atoms with E-state index in [4.69, 9.17) is 5.73 Å². The van der Waals surface area contributed by atoms with Gasteiger partial charge >= 0.3 is 0 Å². The van der Waals surface area contributed by atoms with Crippen molar-refractivity contribution in [3.63, 3.8) is 0 Å². The van der Waals surface area contributed by atoms with Gasteiger partial charge < -0.3 is 10.8 Å². The van der Waals surface area contributed by atoms with Crippen LogP contribution in [0.15, 0.2) is 62.5 Å². The molecule has 0 bridgehead atoms. The first kappa shape index (κ1) is 20.7. The molecule has 0 aromatic heterocycles. The lowest BCUT2D eigenvalue weighted by Crippen LogP contribution is -2.02. The number of nitrogens with two attached hydrogens (primary N) is 1. The number of nitrogen functional groups attached to an aromatic ring is 1. The Morgan fingerprint density at radius 3 is 2.17 bits per heavy atom. The van der Waals surface area contributed by atoms with Crippen molar-refractivity contribution in [2.24, 2.45) is 10.2 Å². The first-order valence-corrected chi connectivity index (χ1v) is 10.8. The van der Waals surface area contributed by atoms with Gasteiger partial charge in [-0.1, -0.05) is 18.2 Å². The van der Waals surface area contributed by atoms with Crippen LogP contribution in [-0.4, -0.2) is 31.0 Å². The Labute approximate surface area is 165 Å². The van der Waals surface area contributed by atoms with Crippen LogP contribution in [0, 0.1) is 6.92 Å². The van der Waals surface area contributed by atoms with Crippen LogP contribution in [-0.2, 0) is 20.2 Å². The number of azo groups is 1. The van der Waals surface area contributed by atoms with E-state index in [0.717, 1.165) is 23.8 Å². The summed E-state index contributed by atoms with van der Waals surface area (Å²) in [6, 6.07) is 9.47. The molecule has 0 saturated carbocycles. The summed E-state index contributed by atoms with van der Waals surface area (Å²) in [6.45, 7) is 1.74. The van der Waals surface area contributed by atoms with Crippen molar-refractivity contribution in [2.75, 3.05) is 5.73 Å². The second kappa shape index (κ2) is 7.08. The molecule has 10 nitrogen and oxygen atoms in total. The number of benzene rings is 3. The van der Waals surface area contributed by atoms with Crippen LogP contribution in [0.1, 0.15) is 5.56 Å². The third-order valence-electron chi connectivity index (χ3n) is 4.10. The van der Waals surface area contributed by atoms with Crippen molar-refractivity contribution < 1.29 is 31.0 Å². The van der Waals surface area contributed by atoms with Crippen LogP contribution < -0.4 is 5.73 Å². The van der Waals surface area contributed by atoms with Gasteiger partial charge in [-0.15, -0.1) is 5.11 Å². The van der Waals surface area contributed by atoms with Crippen LogP contribution in [0.3, 0.4) is 0 Å². The van der Waals surface area contributed by atoms with E-state index in [1.807, 2.05) is 0 Å². The van der Waals surface area contributed by atoms with Crippen molar-refractivity contribution in [3.8, 4) is 5.75 Å². The average Bonchev–Trinajstić information content (AvgIpc) is 2.60. The van der Waals surface area contributed by atoms with Crippen molar-refractivity contribution in [1.29, 1.82) is 0 Å². The standard InChI is InChI=1S/C17H15N3O7S2/c1-9-4-2-3-5-13(9)19-20-16-14(29(25,26)27)7-10-6-11(28(22,23)24)8-12(18)15(10)17(16)21/h2-8,21H,18H2,1H3,(H,22,23,24)(H,25,26,27). The quantitative estimate of drug-likeness (QED) is 0.272. The SMILES string of the molecule is Cc1ccccc1N=Nc1c(S(=O)(=O)O)cc2cc(S(=O)(=O)O)cc(N)c2c1O. The van der Waals surface area contributed by atoms with Crippen LogP contribution in [0.2, 0.25) is 0 Å². The number of hydrogen-bond acceptors (Lipinski definition) is 8. The van der Waals surface area contributed by atoms with E-state index in [2.05, 4.69) is 10.2 Å². The van der Waals surface area contributed by atoms with E-state index in [1.165, 1.54) is 0 Å². The first-order chi connectivity index (χ1) is 13.4. The third kappa shape index (κ3) is 4.05. The molecule has 0 fully saturated rings. The molecule has 0 unspecified atom stereocenters. The van der Waals surface area contributed by atoms with Crippen LogP contribution in [0.5, 0.6) is 5.75 Å². The van der Waals surface area contributed by atoms with Gasteiger partial charge in [0.05, 0.1) is 10.6 Å². The van der Waals surface area contributed by atoms with Gasteiger partial charge in [-0.25, -0.2) is 0 Å². The second-order valence-electron chi connectivity index (χ2n) is 6.12. The summed E-state index contributed by atoms with van der Waals surface area (Å²) in [7, 11) is -9.54. The molecule has 3 aromatic carbocycles. The van der Waals surface area contributed by atoms with Gasteiger partial charge in [0.2, 0.25) is 0 Å². The van der Waals surface area contributed by atoms with Crippen molar-refractivity contribution in [3.05, 3.63) is 48.0 Å². The highest BCUT2D eigenvalue weighted by Gasteiger charge is 2.24. The number of rotatable bonds is 4. The Balaban J connectivity index is 2.36. The van der Waals surface area contributed by atoms with Crippen LogP contribution >= 0.6 is 0 Å². The Hall–Kier alpha value is -3.06. The third-order valence-corrected chi connectivity index (χ3v) is 5.80.